The van der Waals surface area contributed by atoms with Crippen molar-refractivity contribution in [1.82, 2.24) is 29.2 Å². The molecule has 3 rings (SSSR count). The molecule has 2 aromatic rings. The van der Waals surface area contributed by atoms with Crippen LogP contribution in [0.3, 0.4) is 0 Å². The molecule has 0 aromatic carbocycles. The molecule has 142 valence electrons. The minimum absolute atomic E-state index is 0.115. The summed E-state index contributed by atoms with van der Waals surface area (Å²) in [5.41, 5.74) is 0. The third-order valence-corrected chi connectivity index (χ3v) is 4.73. The molecule has 1 amide bonds. The third-order valence-electron chi connectivity index (χ3n) is 4.73. The van der Waals surface area contributed by atoms with Gasteiger partial charge in [-0.05, 0) is 19.8 Å². The highest BCUT2D eigenvalue weighted by Gasteiger charge is 2.36. The van der Waals surface area contributed by atoms with E-state index in [1.54, 1.807) is 6.20 Å². The van der Waals surface area contributed by atoms with E-state index in [9.17, 15) is 18.0 Å². The van der Waals surface area contributed by atoms with E-state index in [0.717, 1.165) is 18.1 Å². The highest BCUT2D eigenvalue weighted by Crippen LogP contribution is 2.28. The molecule has 0 saturated carbocycles. The molecule has 0 bridgehead atoms. The largest absolute Gasteiger partial charge is 0.397 e. The van der Waals surface area contributed by atoms with E-state index in [0.29, 0.717) is 25.3 Å². The lowest BCUT2D eigenvalue weighted by Gasteiger charge is -2.32. The van der Waals surface area contributed by atoms with Gasteiger partial charge in [-0.25, -0.2) is 4.98 Å². The van der Waals surface area contributed by atoms with Crippen LogP contribution < -0.4 is 0 Å². The number of amides is 1. The topological polar surface area (TPSA) is 68.8 Å². The van der Waals surface area contributed by atoms with Gasteiger partial charge in [-0.3, -0.25) is 4.79 Å². The molecule has 1 aliphatic rings. The summed E-state index contributed by atoms with van der Waals surface area (Å²) in [6.07, 6.45) is -0.920. The van der Waals surface area contributed by atoms with Gasteiger partial charge in [-0.1, -0.05) is 0 Å². The number of alkyl halides is 3. The molecule has 0 spiro atoms. The lowest BCUT2D eigenvalue weighted by Crippen LogP contribution is -2.41. The standard InChI is InChI=1S/C16H21F3N6O/c1-11-20-5-7-24(11)10-13-21-22-15(23(13)2)12-4-3-6-25(9-12)14(26)8-16(17,18)19/h5,7,12H,3-4,6,8-10H2,1-2H3. The van der Waals surface area contributed by atoms with E-state index in [1.807, 2.05) is 29.3 Å². The number of nitrogens with zero attached hydrogens (tertiary/aromatic N) is 6. The second-order valence-electron chi connectivity index (χ2n) is 6.61. The minimum atomic E-state index is -4.48. The molecule has 1 atom stereocenters. The van der Waals surface area contributed by atoms with Crippen LogP contribution in [0.2, 0.25) is 0 Å². The van der Waals surface area contributed by atoms with Crippen molar-refractivity contribution in [3.05, 3.63) is 29.9 Å². The van der Waals surface area contributed by atoms with Crippen LogP contribution in [0.4, 0.5) is 13.2 Å². The predicted octanol–water partition coefficient (Wildman–Crippen LogP) is 2.03. The SMILES string of the molecule is Cc1nccn1Cc1nnc(C2CCCN(C(=O)CC(F)(F)F)C2)n1C. The number of aromatic nitrogens is 5. The van der Waals surface area contributed by atoms with E-state index in [4.69, 9.17) is 0 Å². The summed E-state index contributed by atoms with van der Waals surface area (Å²) in [7, 11) is 1.84. The van der Waals surface area contributed by atoms with Crippen LogP contribution in [0, 0.1) is 6.92 Å². The summed E-state index contributed by atoms with van der Waals surface area (Å²) in [5.74, 6) is 1.30. The lowest BCUT2D eigenvalue weighted by molar-refractivity contribution is -0.162. The van der Waals surface area contributed by atoms with Crippen molar-refractivity contribution in [3.63, 3.8) is 0 Å². The molecule has 1 saturated heterocycles. The number of rotatable bonds is 4. The van der Waals surface area contributed by atoms with Crippen molar-refractivity contribution in [2.24, 2.45) is 7.05 Å². The van der Waals surface area contributed by atoms with Crippen molar-refractivity contribution >= 4 is 5.91 Å². The minimum Gasteiger partial charge on any atom is -0.342 e. The Morgan fingerprint density at radius 2 is 2.12 bits per heavy atom. The van der Waals surface area contributed by atoms with Crippen LogP contribution in [0.1, 0.15) is 42.7 Å². The number of aryl methyl sites for hydroxylation is 1. The smallest absolute Gasteiger partial charge is 0.342 e. The summed E-state index contributed by atoms with van der Waals surface area (Å²) in [5, 5.41) is 8.45. The van der Waals surface area contributed by atoms with E-state index in [2.05, 4.69) is 15.2 Å². The van der Waals surface area contributed by atoms with Gasteiger partial charge in [0.25, 0.3) is 0 Å². The maximum absolute atomic E-state index is 12.5. The number of halogens is 3. The number of carbonyl (C=O) groups is 1. The van der Waals surface area contributed by atoms with Gasteiger partial charge in [0.1, 0.15) is 18.1 Å². The van der Waals surface area contributed by atoms with E-state index < -0.39 is 18.5 Å². The van der Waals surface area contributed by atoms with Crippen molar-refractivity contribution in [2.75, 3.05) is 13.1 Å². The van der Waals surface area contributed by atoms with Gasteiger partial charge in [-0.15, -0.1) is 10.2 Å². The van der Waals surface area contributed by atoms with Gasteiger partial charge >= 0.3 is 6.18 Å². The Labute approximate surface area is 148 Å². The van der Waals surface area contributed by atoms with E-state index in [-0.39, 0.29) is 12.5 Å². The molecule has 0 aliphatic carbocycles. The zero-order chi connectivity index (χ0) is 18.9. The number of likely N-dealkylation sites (tertiary alicyclic amines) is 1. The molecular formula is C16H21F3N6O. The summed E-state index contributed by atoms with van der Waals surface area (Å²) in [4.78, 5) is 17.3. The Morgan fingerprint density at radius 3 is 2.77 bits per heavy atom. The molecule has 2 aromatic heterocycles. The van der Waals surface area contributed by atoms with Crippen molar-refractivity contribution in [3.8, 4) is 0 Å². The second-order valence-corrected chi connectivity index (χ2v) is 6.61. The number of imidazole rings is 1. The first kappa shape index (κ1) is 18.4. The molecule has 1 unspecified atom stereocenters. The van der Waals surface area contributed by atoms with Crippen LogP contribution in [-0.2, 0) is 18.4 Å². The van der Waals surface area contributed by atoms with E-state index in [1.165, 1.54) is 4.90 Å². The van der Waals surface area contributed by atoms with E-state index >= 15 is 0 Å². The normalized spacial score (nSPS) is 18.3. The Bertz CT molecular complexity index is 781. The molecule has 10 heteroatoms. The van der Waals surface area contributed by atoms with Crippen LogP contribution in [0.5, 0.6) is 0 Å². The molecule has 7 nitrogen and oxygen atoms in total. The molecule has 3 heterocycles. The number of hydrogen-bond donors (Lipinski definition) is 0. The van der Waals surface area contributed by atoms with Gasteiger partial charge in [0, 0.05) is 38.4 Å². The Morgan fingerprint density at radius 1 is 1.35 bits per heavy atom. The summed E-state index contributed by atoms with van der Waals surface area (Å²) >= 11 is 0. The molecule has 0 N–H and O–H groups in total. The highest BCUT2D eigenvalue weighted by atomic mass is 19.4. The fourth-order valence-electron chi connectivity index (χ4n) is 3.29. The van der Waals surface area contributed by atoms with Crippen LogP contribution in [0.25, 0.3) is 0 Å². The Balaban J connectivity index is 1.71. The predicted molar refractivity (Wildman–Crippen MR) is 86.3 cm³/mol. The highest BCUT2D eigenvalue weighted by molar-refractivity contribution is 5.77. The first-order chi connectivity index (χ1) is 12.2. The van der Waals surface area contributed by atoms with Gasteiger partial charge in [-0.2, -0.15) is 13.2 Å². The quantitative estimate of drug-likeness (QED) is 0.826. The molecule has 0 radical (unpaired) electrons. The summed E-state index contributed by atoms with van der Waals surface area (Å²) < 4.78 is 41.2. The van der Waals surface area contributed by atoms with Gasteiger partial charge < -0.3 is 14.0 Å². The average Bonchev–Trinajstić information content (AvgIpc) is 3.13. The molecule has 26 heavy (non-hydrogen) atoms. The zero-order valence-corrected chi connectivity index (χ0v) is 14.7. The Kier molecular flexibility index (Phi) is 5.01. The molecular weight excluding hydrogens is 349 g/mol. The fourth-order valence-corrected chi connectivity index (χ4v) is 3.29. The Hall–Kier alpha value is -2.39. The van der Waals surface area contributed by atoms with Gasteiger partial charge in [0.2, 0.25) is 5.91 Å². The summed E-state index contributed by atoms with van der Waals surface area (Å²) in [6, 6.07) is 0. The first-order valence-corrected chi connectivity index (χ1v) is 8.45. The first-order valence-electron chi connectivity index (χ1n) is 8.45. The maximum Gasteiger partial charge on any atom is 0.397 e. The molecule has 1 aliphatic heterocycles. The van der Waals surface area contributed by atoms with Gasteiger partial charge in [0.05, 0.1) is 6.54 Å². The van der Waals surface area contributed by atoms with Crippen LogP contribution in [0.15, 0.2) is 12.4 Å². The molecule has 1 fully saturated rings. The van der Waals surface area contributed by atoms with Crippen molar-refractivity contribution in [2.45, 2.75) is 44.8 Å². The van der Waals surface area contributed by atoms with Crippen LogP contribution in [-0.4, -0.2) is 54.4 Å². The third kappa shape index (κ3) is 4.05. The lowest BCUT2D eigenvalue weighted by atomic mass is 9.97. The maximum atomic E-state index is 12.5. The number of piperidine rings is 1. The summed E-state index contributed by atoms with van der Waals surface area (Å²) in [6.45, 7) is 3.00. The van der Waals surface area contributed by atoms with Crippen molar-refractivity contribution in [1.29, 1.82) is 0 Å². The fraction of sp³-hybridized carbons (Fsp3) is 0.625. The number of carbonyl (C=O) groups excluding carboxylic acids is 1. The van der Waals surface area contributed by atoms with Crippen molar-refractivity contribution < 1.29 is 18.0 Å². The monoisotopic (exact) mass is 370 g/mol. The zero-order valence-electron chi connectivity index (χ0n) is 14.7. The van der Waals surface area contributed by atoms with Crippen LogP contribution >= 0.6 is 0 Å². The van der Waals surface area contributed by atoms with Gasteiger partial charge in [0.15, 0.2) is 5.82 Å². The second kappa shape index (κ2) is 7.08. The average molecular weight is 370 g/mol. The number of hydrogen-bond acceptors (Lipinski definition) is 4.